The Balaban J connectivity index is 2.16. The van der Waals surface area contributed by atoms with E-state index in [0.29, 0.717) is 5.75 Å². The largest absolute Gasteiger partial charge is 0.368 e. The summed E-state index contributed by atoms with van der Waals surface area (Å²) in [5, 5.41) is 6.40. The molecule has 0 radical (unpaired) electrons. The number of carbonyl (C=O) groups excluding carboxylic acids is 2. The van der Waals surface area contributed by atoms with Gasteiger partial charge in [-0.25, -0.2) is 12.8 Å². The van der Waals surface area contributed by atoms with Crippen LogP contribution in [0.5, 0.6) is 0 Å². The van der Waals surface area contributed by atoms with Gasteiger partial charge in [0, 0.05) is 6.20 Å². The van der Waals surface area contributed by atoms with E-state index >= 15 is 0 Å². The molecular weight excluding hydrogens is 409 g/mol. The Morgan fingerprint density at radius 1 is 1.36 bits per heavy atom. The predicted molar refractivity (Wildman–Crippen MR) is 104 cm³/mol. The number of rotatable bonds is 10. The number of halogens is 1. The topological polar surface area (TPSA) is 136 Å². The average Bonchev–Trinajstić information content (AvgIpc) is 3.04. The summed E-state index contributed by atoms with van der Waals surface area (Å²) in [6, 6.07) is 3.78. The van der Waals surface area contributed by atoms with Gasteiger partial charge >= 0.3 is 0 Å². The lowest BCUT2D eigenvalue weighted by Crippen LogP contribution is -2.44. The van der Waals surface area contributed by atoms with Crippen molar-refractivity contribution in [1.82, 2.24) is 14.5 Å². The maximum absolute atomic E-state index is 13.9. The van der Waals surface area contributed by atoms with Crippen LogP contribution in [-0.2, 0) is 26.2 Å². The zero-order valence-electron chi connectivity index (χ0n) is 15.0. The third-order valence-electron chi connectivity index (χ3n) is 3.57. The minimum absolute atomic E-state index is 0.161. The van der Waals surface area contributed by atoms with Gasteiger partial charge in [-0.15, -0.1) is 0 Å². The maximum atomic E-state index is 13.9. The van der Waals surface area contributed by atoms with Crippen molar-refractivity contribution >= 4 is 39.3 Å². The van der Waals surface area contributed by atoms with E-state index in [1.165, 1.54) is 41.0 Å². The molecule has 0 spiro atoms. The molecule has 1 atom stereocenters. The van der Waals surface area contributed by atoms with Crippen LogP contribution in [0.15, 0.2) is 41.6 Å². The first kappa shape index (κ1) is 21.9. The van der Waals surface area contributed by atoms with E-state index in [-0.39, 0.29) is 18.7 Å². The molecule has 12 heteroatoms. The smallest absolute Gasteiger partial charge is 0.244 e. The van der Waals surface area contributed by atoms with Crippen molar-refractivity contribution in [2.75, 3.05) is 17.3 Å². The Hall–Kier alpha value is -2.44. The average molecular weight is 429 g/mol. The number of primary amides is 1. The second-order valence-electron chi connectivity index (χ2n) is 5.77. The third-order valence-corrected chi connectivity index (χ3v) is 5.72. The van der Waals surface area contributed by atoms with E-state index in [0.717, 1.165) is 12.1 Å². The first-order chi connectivity index (χ1) is 13.2. The molecule has 1 aromatic carbocycles. The molecule has 0 aliphatic carbocycles. The lowest BCUT2D eigenvalue weighted by molar-refractivity contribution is -0.119. The first-order valence-corrected chi connectivity index (χ1v) is 11.0. The van der Waals surface area contributed by atoms with Crippen molar-refractivity contribution in [2.45, 2.75) is 23.9 Å². The second-order valence-corrected chi connectivity index (χ2v) is 8.44. The fourth-order valence-electron chi connectivity index (χ4n) is 2.30. The summed E-state index contributed by atoms with van der Waals surface area (Å²) in [6.07, 6.45) is 4.70. The number of anilines is 1. The van der Waals surface area contributed by atoms with Gasteiger partial charge in [0.1, 0.15) is 23.3 Å². The Morgan fingerprint density at radius 3 is 2.71 bits per heavy atom. The number of nitrogens with zero attached hydrogens (tertiary/aromatic N) is 2. The van der Waals surface area contributed by atoms with E-state index in [4.69, 9.17) is 5.73 Å². The van der Waals surface area contributed by atoms with Crippen LogP contribution in [-0.4, -0.2) is 48.1 Å². The lowest BCUT2D eigenvalue weighted by atomic mass is 10.2. The summed E-state index contributed by atoms with van der Waals surface area (Å²) < 4.78 is 42.4. The summed E-state index contributed by atoms with van der Waals surface area (Å²) >= 11 is 1.43. The normalized spacial score (nSPS) is 12.5. The highest BCUT2D eigenvalue weighted by molar-refractivity contribution is 7.98. The molecule has 4 N–H and O–H groups in total. The predicted octanol–water partition coefficient (Wildman–Crippen LogP) is 0.546. The van der Waals surface area contributed by atoms with Gasteiger partial charge in [0.05, 0.1) is 11.9 Å². The molecule has 152 valence electrons. The van der Waals surface area contributed by atoms with Gasteiger partial charge in [-0.2, -0.15) is 21.6 Å². The zero-order chi connectivity index (χ0) is 20.7. The molecule has 0 saturated heterocycles. The number of sulfonamides is 1. The Morgan fingerprint density at radius 2 is 2.07 bits per heavy atom. The van der Waals surface area contributed by atoms with E-state index < -0.39 is 38.6 Å². The number of hydrogen-bond donors (Lipinski definition) is 3. The molecule has 0 bridgehead atoms. The van der Waals surface area contributed by atoms with E-state index in [1.54, 1.807) is 0 Å². The van der Waals surface area contributed by atoms with Gasteiger partial charge in [-0.05, 0) is 30.6 Å². The van der Waals surface area contributed by atoms with Gasteiger partial charge < -0.3 is 11.1 Å². The van der Waals surface area contributed by atoms with Crippen LogP contribution in [0.2, 0.25) is 0 Å². The molecule has 2 rings (SSSR count). The van der Waals surface area contributed by atoms with Crippen molar-refractivity contribution in [3.8, 4) is 0 Å². The minimum Gasteiger partial charge on any atom is -0.368 e. The molecule has 0 fully saturated rings. The van der Waals surface area contributed by atoms with Gasteiger partial charge in [0.2, 0.25) is 21.8 Å². The van der Waals surface area contributed by atoms with Crippen LogP contribution in [0, 0.1) is 5.82 Å². The lowest BCUT2D eigenvalue weighted by Gasteiger charge is -2.18. The molecule has 1 unspecified atom stereocenters. The Bertz CT molecular complexity index is 948. The molecular formula is C16H20FN5O4S2. The van der Waals surface area contributed by atoms with Crippen LogP contribution in [0.4, 0.5) is 10.1 Å². The van der Waals surface area contributed by atoms with Crippen molar-refractivity contribution in [2.24, 2.45) is 5.73 Å². The highest BCUT2D eigenvalue weighted by Gasteiger charge is 2.27. The molecule has 28 heavy (non-hydrogen) atoms. The fraction of sp³-hybridized carbons (Fsp3) is 0.312. The summed E-state index contributed by atoms with van der Waals surface area (Å²) in [7, 11) is -4.25. The number of thioether (sulfide) groups is 1. The summed E-state index contributed by atoms with van der Waals surface area (Å²) in [5.41, 5.74) is 5.35. The van der Waals surface area contributed by atoms with Crippen LogP contribution in [0.1, 0.15) is 6.42 Å². The molecule has 0 aliphatic heterocycles. The van der Waals surface area contributed by atoms with Gasteiger partial charge in [-0.3, -0.25) is 14.3 Å². The van der Waals surface area contributed by atoms with Crippen LogP contribution >= 0.6 is 11.8 Å². The SMILES string of the molecule is CSCCC(NS(=O)(=O)c1ccccc1F)C(=O)Nc1cnn(CC(N)=O)c1. The maximum Gasteiger partial charge on any atom is 0.244 e. The number of carbonyl (C=O) groups is 2. The van der Waals surface area contributed by atoms with Gasteiger partial charge in [-0.1, -0.05) is 12.1 Å². The zero-order valence-corrected chi connectivity index (χ0v) is 16.6. The number of nitrogens with two attached hydrogens (primary N) is 1. The Kier molecular flexibility index (Phi) is 7.54. The van der Waals surface area contributed by atoms with Crippen molar-refractivity contribution in [3.63, 3.8) is 0 Å². The number of aromatic nitrogens is 2. The van der Waals surface area contributed by atoms with Gasteiger partial charge in [0.15, 0.2) is 0 Å². The molecule has 2 amide bonds. The molecule has 1 aromatic heterocycles. The number of benzene rings is 1. The molecule has 9 nitrogen and oxygen atoms in total. The summed E-state index contributed by atoms with van der Waals surface area (Å²) in [5.74, 6) is -1.64. The summed E-state index contributed by atoms with van der Waals surface area (Å²) in [6.45, 7) is -0.161. The van der Waals surface area contributed by atoms with Crippen molar-refractivity contribution in [3.05, 3.63) is 42.5 Å². The van der Waals surface area contributed by atoms with Crippen LogP contribution in [0.25, 0.3) is 0 Å². The Labute approximate surface area is 165 Å². The quantitative estimate of drug-likeness (QED) is 0.504. The summed E-state index contributed by atoms with van der Waals surface area (Å²) in [4.78, 5) is 22.9. The van der Waals surface area contributed by atoms with Crippen LogP contribution < -0.4 is 15.8 Å². The first-order valence-electron chi connectivity index (χ1n) is 8.10. The molecule has 2 aromatic rings. The minimum atomic E-state index is -4.25. The third kappa shape index (κ3) is 6.04. The van der Waals surface area contributed by atoms with Crippen molar-refractivity contribution < 1.29 is 22.4 Å². The van der Waals surface area contributed by atoms with E-state index in [9.17, 15) is 22.4 Å². The standard InChI is InChI=1S/C16H20FN5O4S2/c1-27-7-6-13(21-28(25,26)14-5-3-2-4-12(14)17)16(24)20-11-8-19-22(9-11)10-15(18)23/h2-5,8-9,13,21H,6-7,10H2,1H3,(H2,18,23)(H,20,24). The number of hydrogen-bond acceptors (Lipinski definition) is 6. The monoisotopic (exact) mass is 429 g/mol. The van der Waals surface area contributed by atoms with Crippen LogP contribution in [0.3, 0.4) is 0 Å². The second kappa shape index (κ2) is 9.66. The van der Waals surface area contributed by atoms with Crippen molar-refractivity contribution in [1.29, 1.82) is 0 Å². The molecule has 0 saturated carbocycles. The van der Waals surface area contributed by atoms with Gasteiger partial charge in [0.25, 0.3) is 0 Å². The van der Waals surface area contributed by atoms with E-state index in [2.05, 4.69) is 15.1 Å². The molecule has 1 heterocycles. The number of nitrogens with one attached hydrogen (secondary N) is 2. The highest BCUT2D eigenvalue weighted by atomic mass is 32.2. The molecule has 0 aliphatic rings. The van der Waals surface area contributed by atoms with E-state index in [1.807, 2.05) is 6.26 Å². The highest BCUT2D eigenvalue weighted by Crippen LogP contribution is 2.16. The fourth-order valence-corrected chi connectivity index (χ4v) is 4.08. The number of amides is 2.